The molecule has 0 aliphatic heterocycles. The van der Waals surface area contributed by atoms with Crippen LogP contribution in [0, 0.1) is 12.7 Å². The molecule has 0 spiro atoms. The molecule has 0 bridgehead atoms. The molecule has 1 N–H and O–H groups in total. The van der Waals surface area contributed by atoms with Crippen LogP contribution in [-0.4, -0.2) is 27.2 Å². The monoisotopic (exact) mass is 354 g/mol. The molecule has 0 saturated carbocycles. The summed E-state index contributed by atoms with van der Waals surface area (Å²) in [4.78, 5) is 17.4. The molecule has 26 heavy (non-hydrogen) atoms. The average Bonchev–Trinajstić information content (AvgIpc) is 2.90. The highest BCUT2D eigenvalue weighted by Crippen LogP contribution is 2.24. The van der Waals surface area contributed by atoms with E-state index < -0.39 is 0 Å². The highest BCUT2D eigenvalue weighted by Gasteiger charge is 2.19. The number of hydrogen-bond donors (Lipinski definition) is 1. The second kappa shape index (κ2) is 7.23. The highest BCUT2D eigenvalue weighted by atomic mass is 19.1. The third-order valence-electron chi connectivity index (χ3n) is 4.46. The summed E-state index contributed by atoms with van der Waals surface area (Å²) in [6, 6.07) is 8.44. The number of nitrogens with one attached hydrogen (secondary N) is 1. The molecule has 0 atom stereocenters. The first kappa shape index (κ1) is 18.0. The Morgan fingerprint density at radius 1 is 1.31 bits per heavy atom. The lowest BCUT2D eigenvalue weighted by molar-refractivity contribution is 0.0955. The molecular weight excluding hydrogens is 331 g/mol. The Balaban J connectivity index is 1.86. The number of fused-ring (bicyclic) bond motifs is 1. The number of aryl methyl sites for hydroxylation is 2. The van der Waals surface area contributed by atoms with E-state index in [2.05, 4.69) is 15.4 Å². The number of amides is 1. The van der Waals surface area contributed by atoms with E-state index in [9.17, 15) is 9.18 Å². The Kier molecular flexibility index (Phi) is 5.02. The Morgan fingerprint density at radius 3 is 2.73 bits per heavy atom. The van der Waals surface area contributed by atoms with Gasteiger partial charge in [0.2, 0.25) is 0 Å². The summed E-state index contributed by atoms with van der Waals surface area (Å²) in [6.45, 7) is 6.31. The number of rotatable bonds is 5. The number of carbonyl (C=O) groups is 1. The fourth-order valence-corrected chi connectivity index (χ4v) is 3.05. The standard InChI is InChI=1S/C20H23FN4O/c1-12(2)17-11-15(18-13(3)24-25(4)19(18)23-17)20(26)22-10-9-14-7-5-6-8-16(14)21/h5-8,11-12H,9-10H2,1-4H3,(H,22,26). The molecule has 0 radical (unpaired) electrons. The van der Waals surface area contributed by atoms with Crippen molar-refractivity contribution < 1.29 is 9.18 Å². The third-order valence-corrected chi connectivity index (χ3v) is 4.46. The fourth-order valence-electron chi connectivity index (χ4n) is 3.05. The van der Waals surface area contributed by atoms with Crippen molar-refractivity contribution in [2.45, 2.75) is 33.1 Å². The first-order chi connectivity index (χ1) is 12.4. The minimum absolute atomic E-state index is 0.188. The van der Waals surface area contributed by atoms with E-state index in [1.165, 1.54) is 6.07 Å². The van der Waals surface area contributed by atoms with Crippen molar-refractivity contribution >= 4 is 16.9 Å². The Labute approximate surface area is 152 Å². The topological polar surface area (TPSA) is 59.8 Å². The lowest BCUT2D eigenvalue weighted by Crippen LogP contribution is -2.26. The minimum Gasteiger partial charge on any atom is -0.352 e. The van der Waals surface area contributed by atoms with Gasteiger partial charge in [-0.05, 0) is 37.0 Å². The van der Waals surface area contributed by atoms with Gasteiger partial charge in [0, 0.05) is 19.3 Å². The van der Waals surface area contributed by atoms with Crippen LogP contribution in [0.4, 0.5) is 4.39 Å². The van der Waals surface area contributed by atoms with Crippen LogP contribution in [0.1, 0.15) is 47.1 Å². The number of hydrogen-bond acceptors (Lipinski definition) is 3. The molecule has 0 unspecified atom stereocenters. The van der Waals surface area contributed by atoms with Gasteiger partial charge in [-0.3, -0.25) is 9.48 Å². The van der Waals surface area contributed by atoms with Crippen LogP contribution in [0.15, 0.2) is 30.3 Å². The van der Waals surface area contributed by atoms with Crippen molar-refractivity contribution in [2.75, 3.05) is 6.54 Å². The summed E-state index contributed by atoms with van der Waals surface area (Å²) in [7, 11) is 1.83. The molecule has 0 saturated heterocycles. The van der Waals surface area contributed by atoms with Crippen molar-refractivity contribution in [3.8, 4) is 0 Å². The summed E-state index contributed by atoms with van der Waals surface area (Å²) in [5.74, 6) is -0.246. The highest BCUT2D eigenvalue weighted by molar-refractivity contribution is 6.06. The van der Waals surface area contributed by atoms with Crippen LogP contribution >= 0.6 is 0 Å². The predicted molar refractivity (Wildman–Crippen MR) is 99.8 cm³/mol. The maximum atomic E-state index is 13.7. The summed E-state index contributed by atoms with van der Waals surface area (Å²) in [5.41, 5.74) is 3.48. The lowest BCUT2D eigenvalue weighted by atomic mass is 10.0. The minimum atomic E-state index is -0.252. The van der Waals surface area contributed by atoms with E-state index in [0.29, 0.717) is 29.7 Å². The number of benzene rings is 1. The number of carbonyl (C=O) groups excluding carboxylic acids is 1. The van der Waals surface area contributed by atoms with E-state index in [4.69, 9.17) is 0 Å². The first-order valence-corrected chi connectivity index (χ1v) is 8.74. The summed E-state index contributed by atoms with van der Waals surface area (Å²) in [5, 5.41) is 8.06. The molecule has 136 valence electrons. The number of pyridine rings is 1. The smallest absolute Gasteiger partial charge is 0.252 e. The Bertz CT molecular complexity index is 962. The van der Waals surface area contributed by atoms with Gasteiger partial charge in [0.05, 0.1) is 16.6 Å². The Hall–Kier alpha value is -2.76. The van der Waals surface area contributed by atoms with Crippen molar-refractivity contribution in [3.63, 3.8) is 0 Å². The number of nitrogens with zero attached hydrogens (tertiary/aromatic N) is 3. The molecule has 3 rings (SSSR count). The van der Waals surface area contributed by atoms with Gasteiger partial charge in [0.1, 0.15) is 5.82 Å². The zero-order valence-corrected chi connectivity index (χ0v) is 15.5. The molecule has 2 aromatic heterocycles. The van der Waals surface area contributed by atoms with Gasteiger partial charge < -0.3 is 5.32 Å². The molecule has 3 aromatic rings. The average molecular weight is 354 g/mol. The van der Waals surface area contributed by atoms with Crippen LogP contribution in [0.2, 0.25) is 0 Å². The largest absolute Gasteiger partial charge is 0.352 e. The molecule has 1 amide bonds. The van der Waals surface area contributed by atoms with E-state index in [-0.39, 0.29) is 17.6 Å². The zero-order chi connectivity index (χ0) is 18.8. The van der Waals surface area contributed by atoms with Crippen LogP contribution in [0.5, 0.6) is 0 Å². The summed E-state index contributed by atoms with van der Waals surface area (Å²) >= 11 is 0. The second-order valence-corrected chi connectivity index (χ2v) is 6.75. The van der Waals surface area contributed by atoms with Gasteiger partial charge in [0.15, 0.2) is 5.65 Å². The molecular formula is C20H23FN4O. The lowest BCUT2D eigenvalue weighted by Gasteiger charge is -2.11. The Morgan fingerprint density at radius 2 is 2.04 bits per heavy atom. The molecule has 5 nitrogen and oxygen atoms in total. The maximum absolute atomic E-state index is 13.7. The molecule has 2 heterocycles. The second-order valence-electron chi connectivity index (χ2n) is 6.75. The van der Waals surface area contributed by atoms with E-state index in [1.54, 1.807) is 22.9 Å². The number of halogens is 1. The first-order valence-electron chi connectivity index (χ1n) is 8.74. The normalized spacial score (nSPS) is 11.3. The summed E-state index contributed by atoms with van der Waals surface area (Å²) < 4.78 is 15.4. The van der Waals surface area contributed by atoms with Gasteiger partial charge >= 0.3 is 0 Å². The maximum Gasteiger partial charge on any atom is 0.252 e. The zero-order valence-electron chi connectivity index (χ0n) is 15.5. The molecule has 0 aliphatic rings. The SMILES string of the molecule is Cc1nn(C)c2nc(C(C)C)cc(C(=O)NCCc3ccccc3F)c12. The van der Waals surface area contributed by atoms with Crippen LogP contribution in [0.3, 0.4) is 0 Å². The number of aromatic nitrogens is 3. The van der Waals surface area contributed by atoms with E-state index >= 15 is 0 Å². The van der Waals surface area contributed by atoms with Crippen molar-refractivity contribution in [2.24, 2.45) is 7.05 Å². The van der Waals surface area contributed by atoms with Gasteiger partial charge in [0.25, 0.3) is 5.91 Å². The van der Waals surface area contributed by atoms with Gasteiger partial charge in [-0.25, -0.2) is 9.37 Å². The van der Waals surface area contributed by atoms with Gasteiger partial charge in [-0.1, -0.05) is 32.0 Å². The van der Waals surface area contributed by atoms with Crippen LogP contribution in [0.25, 0.3) is 11.0 Å². The molecule has 0 fully saturated rings. The van der Waals surface area contributed by atoms with E-state index in [0.717, 1.165) is 16.8 Å². The van der Waals surface area contributed by atoms with Crippen molar-refractivity contribution in [1.82, 2.24) is 20.1 Å². The molecule has 1 aromatic carbocycles. The predicted octanol–water partition coefficient (Wildman–Crippen LogP) is 3.51. The van der Waals surface area contributed by atoms with E-state index in [1.807, 2.05) is 33.9 Å². The fraction of sp³-hybridized carbons (Fsp3) is 0.350. The van der Waals surface area contributed by atoms with Crippen molar-refractivity contribution in [1.29, 1.82) is 0 Å². The van der Waals surface area contributed by atoms with Gasteiger partial charge in [-0.2, -0.15) is 5.10 Å². The van der Waals surface area contributed by atoms with Crippen LogP contribution in [-0.2, 0) is 13.5 Å². The molecule has 6 heteroatoms. The quantitative estimate of drug-likeness (QED) is 0.763. The van der Waals surface area contributed by atoms with Crippen molar-refractivity contribution in [3.05, 3.63) is 58.7 Å². The summed E-state index contributed by atoms with van der Waals surface area (Å²) in [6.07, 6.45) is 0.440. The van der Waals surface area contributed by atoms with Crippen LogP contribution < -0.4 is 5.32 Å². The third kappa shape index (κ3) is 3.45. The molecule has 0 aliphatic carbocycles. The van der Waals surface area contributed by atoms with Gasteiger partial charge in [-0.15, -0.1) is 0 Å².